The van der Waals surface area contributed by atoms with E-state index in [-0.39, 0.29) is 6.10 Å². The van der Waals surface area contributed by atoms with Gasteiger partial charge in [-0.25, -0.2) is 0 Å². The second-order valence-corrected chi connectivity index (χ2v) is 4.50. The van der Waals surface area contributed by atoms with Crippen LogP contribution < -0.4 is 0 Å². The van der Waals surface area contributed by atoms with Crippen LogP contribution in [0, 0.1) is 5.92 Å². The second kappa shape index (κ2) is 7.05. The van der Waals surface area contributed by atoms with Crippen molar-refractivity contribution in [3.63, 3.8) is 0 Å². The van der Waals surface area contributed by atoms with E-state index in [0.717, 1.165) is 25.2 Å². The summed E-state index contributed by atoms with van der Waals surface area (Å²) in [6.07, 6.45) is 14.1. The largest absolute Gasteiger partial charge is 0.393 e. The Kier molecular flexibility index (Phi) is 5.93. The summed E-state index contributed by atoms with van der Waals surface area (Å²) in [5, 5.41) is 9.60. The maximum Gasteiger partial charge on any atom is 0.0574 e. The fourth-order valence-corrected chi connectivity index (χ4v) is 2.14. The topological polar surface area (TPSA) is 20.2 Å². The molecule has 1 aliphatic rings. The summed E-state index contributed by atoms with van der Waals surface area (Å²) in [5.74, 6) is 0.813. The number of unbranched alkanes of at least 4 members (excludes halogenated alkanes) is 1. The Balaban J connectivity index is 2.05. The molecule has 0 saturated heterocycles. The summed E-state index contributed by atoms with van der Waals surface area (Å²) in [5.41, 5.74) is 0. The van der Waals surface area contributed by atoms with Crippen molar-refractivity contribution in [1.29, 1.82) is 0 Å². The number of allylic oxidation sites excluding steroid dienone is 1. The van der Waals surface area contributed by atoms with Crippen molar-refractivity contribution in [2.24, 2.45) is 5.92 Å². The highest BCUT2D eigenvalue weighted by atomic mass is 16.3. The Morgan fingerprint density at radius 2 is 2.07 bits per heavy atom. The third-order valence-corrected chi connectivity index (χ3v) is 3.11. The number of aliphatic hydroxyl groups excluding tert-OH is 1. The predicted molar refractivity (Wildman–Crippen MR) is 61.2 cm³/mol. The van der Waals surface area contributed by atoms with Gasteiger partial charge in [0.25, 0.3) is 0 Å². The minimum Gasteiger partial charge on any atom is -0.393 e. The van der Waals surface area contributed by atoms with Gasteiger partial charge >= 0.3 is 0 Å². The molecular formula is C13H24O. The van der Waals surface area contributed by atoms with Crippen molar-refractivity contribution in [3.8, 4) is 0 Å². The summed E-state index contributed by atoms with van der Waals surface area (Å²) in [6.45, 7) is 2.17. The zero-order valence-corrected chi connectivity index (χ0v) is 9.41. The van der Waals surface area contributed by atoms with E-state index in [1.54, 1.807) is 0 Å². The van der Waals surface area contributed by atoms with Crippen LogP contribution in [-0.4, -0.2) is 11.2 Å². The normalized spacial score (nSPS) is 20.7. The van der Waals surface area contributed by atoms with E-state index in [2.05, 4.69) is 19.1 Å². The first-order chi connectivity index (χ1) is 6.83. The number of rotatable bonds is 6. The SMILES string of the molecule is CCCC[C@H](O)C/C=C/C1CCCC1. The van der Waals surface area contributed by atoms with Gasteiger partial charge in [-0.15, -0.1) is 0 Å². The minimum atomic E-state index is -0.104. The highest BCUT2D eigenvalue weighted by Gasteiger charge is 2.11. The van der Waals surface area contributed by atoms with Gasteiger partial charge in [-0.3, -0.25) is 0 Å². The van der Waals surface area contributed by atoms with Crippen LogP contribution in [-0.2, 0) is 0 Å². The summed E-state index contributed by atoms with van der Waals surface area (Å²) < 4.78 is 0. The molecule has 0 unspecified atom stereocenters. The highest BCUT2D eigenvalue weighted by molar-refractivity contribution is 4.91. The van der Waals surface area contributed by atoms with Gasteiger partial charge in [0.1, 0.15) is 0 Å². The highest BCUT2D eigenvalue weighted by Crippen LogP contribution is 2.25. The van der Waals surface area contributed by atoms with E-state index in [0.29, 0.717) is 0 Å². The van der Waals surface area contributed by atoms with E-state index in [1.807, 2.05) is 0 Å². The van der Waals surface area contributed by atoms with Gasteiger partial charge in [0.15, 0.2) is 0 Å². The number of hydrogen-bond acceptors (Lipinski definition) is 1. The molecule has 0 aromatic carbocycles. The smallest absolute Gasteiger partial charge is 0.0574 e. The molecule has 0 aliphatic heterocycles. The monoisotopic (exact) mass is 196 g/mol. The third-order valence-electron chi connectivity index (χ3n) is 3.11. The third kappa shape index (κ3) is 4.80. The minimum absolute atomic E-state index is 0.104. The molecule has 1 rings (SSSR count). The van der Waals surface area contributed by atoms with E-state index in [4.69, 9.17) is 0 Å². The van der Waals surface area contributed by atoms with Crippen LogP contribution in [0.5, 0.6) is 0 Å². The van der Waals surface area contributed by atoms with Crippen molar-refractivity contribution in [2.75, 3.05) is 0 Å². The van der Waals surface area contributed by atoms with Crippen LogP contribution in [0.4, 0.5) is 0 Å². The second-order valence-electron chi connectivity index (χ2n) is 4.50. The van der Waals surface area contributed by atoms with Gasteiger partial charge in [-0.1, -0.05) is 44.8 Å². The van der Waals surface area contributed by atoms with Gasteiger partial charge < -0.3 is 5.11 Å². The lowest BCUT2D eigenvalue weighted by atomic mass is 10.1. The standard InChI is InChI=1S/C13H24O/c1-2-3-10-13(14)11-6-9-12-7-4-5-8-12/h6,9,12-14H,2-5,7-8,10-11H2,1H3/b9-6+/t13-/m0/s1. The first kappa shape index (κ1) is 11.8. The van der Waals surface area contributed by atoms with E-state index in [1.165, 1.54) is 32.1 Å². The molecule has 1 fully saturated rings. The van der Waals surface area contributed by atoms with Crippen LogP contribution >= 0.6 is 0 Å². The average Bonchev–Trinajstić information content (AvgIpc) is 2.67. The molecule has 14 heavy (non-hydrogen) atoms. The lowest BCUT2D eigenvalue weighted by Crippen LogP contribution is -2.04. The molecule has 0 spiro atoms. The molecule has 0 amide bonds. The summed E-state index contributed by atoms with van der Waals surface area (Å²) in [4.78, 5) is 0. The van der Waals surface area contributed by atoms with Gasteiger partial charge in [-0.2, -0.15) is 0 Å². The zero-order valence-electron chi connectivity index (χ0n) is 9.41. The molecule has 0 heterocycles. The quantitative estimate of drug-likeness (QED) is 0.643. The molecule has 1 nitrogen and oxygen atoms in total. The van der Waals surface area contributed by atoms with E-state index in [9.17, 15) is 5.11 Å². The van der Waals surface area contributed by atoms with Crippen molar-refractivity contribution >= 4 is 0 Å². The zero-order chi connectivity index (χ0) is 10.2. The molecule has 1 N–H and O–H groups in total. The Hall–Kier alpha value is -0.300. The number of hydrogen-bond donors (Lipinski definition) is 1. The molecule has 82 valence electrons. The van der Waals surface area contributed by atoms with Crippen molar-refractivity contribution in [3.05, 3.63) is 12.2 Å². The Morgan fingerprint density at radius 3 is 2.71 bits per heavy atom. The van der Waals surface area contributed by atoms with Crippen molar-refractivity contribution in [1.82, 2.24) is 0 Å². The van der Waals surface area contributed by atoms with E-state index < -0.39 is 0 Å². The van der Waals surface area contributed by atoms with Gasteiger partial charge in [-0.05, 0) is 31.6 Å². The molecule has 0 bridgehead atoms. The van der Waals surface area contributed by atoms with Crippen LogP contribution in [0.25, 0.3) is 0 Å². The predicted octanol–water partition coefficient (Wildman–Crippen LogP) is 3.67. The van der Waals surface area contributed by atoms with Crippen LogP contribution in [0.1, 0.15) is 58.3 Å². The lowest BCUT2D eigenvalue weighted by molar-refractivity contribution is 0.164. The molecule has 0 radical (unpaired) electrons. The van der Waals surface area contributed by atoms with Crippen molar-refractivity contribution < 1.29 is 5.11 Å². The van der Waals surface area contributed by atoms with Crippen molar-refractivity contribution in [2.45, 2.75) is 64.4 Å². The Bertz CT molecular complexity index is 157. The van der Waals surface area contributed by atoms with Crippen LogP contribution in [0.2, 0.25) is 0 Å². The average molecular weight is 196 g/mol. The Morgan fingerprint density at radius 1 is 1.36 bits per heavy atom. The molecule has 1 heteroatoms. The van der Waals surface area contributed by atoms with Crippen LogP contribution in [0.15, 0.2) is 12.2 Å². The molecule has 1 aliphatic carbocycles. The first-order valence-electron chi connectivity index (χ1n) is 6.17. The van der Waals surface area contributed by atoms with Gasteiger partial charge in [0.2, 0.25) is 0 Å². The van der Waals surface area contributed by atoms with Gasteiger partial charge in [0.05, 0.1) is 6.10 Å². The summed E-state index contributed by atoms with van der Waals surface area (Å²) >= 11 is 0. The summed E-state index contributed by atoms with van der Waals surface area (Å²) in [7, 11) is 0. The molecule has 1 saturated carbocycles. The molecular weight excluding hydrogens is 172 g/mol. The summed E-state index contributed by atoms with van der Waals surface area (Å²) in [6, 6.07) is 0. The fourth-order valence-electron chi connectivity index (χ4n) is 2.14. The number of aliphatic hydroxyl groups is 1. The maximum atomic E-state index is 9.60. The van der Waals surface area contributed by atoms with Crippen LogP contribution in [0.3, 0.4) is 0 Å². The Labute approximate surface area is 88.2 Å². The lowest BCUT2D eigenvalue weighted by Gasteiger charge is -2.06. The van der Waals surface area contributed by atoms with Gasteiger partial charge in [0, 0.05) is 0 Å². The molecule has 0 aromatic heterocycles. The maximum absolute atomic E-state index is 9.60. The fraction of sp³-hybridized carbons (Fsp3) is 0.846. The first-order valence-corrected chi connectivity index (χ1v) is 6.17. The molecule has 1 atom stereocenters. The molecule has 0 aromatic rings. The van der Waals surface area contributed by atoms with E-state index >= 15 is 0 Å².